The maximum absolute atomic E-state index is 14.4. The molecule has 1 saturated carbocycles. The normalized spacial score (nSPS) is 36.8. The van der Waals surface area contributed by atoms with E-state index in [9.17, 15) is 14.0 Å². The van der Waals surface area contributed by atoms with Gasteiger partial charge in [-0.2, -0.15) is 0 Å². The first-order valence-corrected chi connectivity index (χ1v) is 12.7. The lowest BCUT2D eigenvalue weighted by Gasteiger charge is -2.42. The summed E-state index contributed by atoms with van der Waals surface area (Å²) in [6.45, 7) is 6.24. The second-order valence-corrected chi connectivity index (χ2v) is 10.9. The van der Waals surface area contributed by atoms with Crippen LogP contribution in [-0.2, 0) is 9.59 Å². The van der Waals surface area contributed by atoms with Gasteiger partial charge in [-0.1, -0.05) is 6.92 Å². The minimum absolute atomic E-state index is 0.0160. The van der Waals surface area contributed by atoms with Crippen LogP contribution < -0.4 is 10.6 Å². The summed E-state index contributed by atoms with van der Waals surface area (Å²) in [4.78, 5) is 31.7. The number of halogens is 1. The molecule has 3 saturated heterocycles. The molecule has 4 fully saturated rings. The van der Waals surface area contributed by atoms with Gasteiger partial charge in [0.2, 0.25) is 11.8 Å². The number of nitrogens with zero attached hydrogens (tertiary/aromatic N) is 3. The van der Waals surface area contributed by atoms with E-state index in [-0.39, 0.29) is 35.9 Å². The molecule has 3 heterocycles. The number of likely N-dealkylation sites (N-methyl/N-ethyl adjacent to an activating group) is 1. The van der Waals surface area contributed by atoms with E-state index in [2.05, 4.69) is 22.5 Å². The molecule has 2 N–H and O–H groups in total. The minimum atomic E-state index is -0.776. The van der Waals surface area contributed by atoms with Crippen molar-refractivity contribution in [1.82, 2.24) is 25.3 Å². The molecule has 6 atom stereocenters. The summed E-state index contributed by atoms with van der Waals surface area (Å²) in [6, 6.07) is 0.522. The SMILES string of the molecule is CC1CCC(F)C2CC(C(=O)N[C@@H]3CCCN(C4CCN(C(=O)CN(C)C)CC4)C3)NC12. The molecule has 182 valence electrons. The second kappa shape index (κ2) is 10.3. The van der Waals surface area contributed by atoms with Crippen molar-refractivity contribution in [3.8, 4) is 0 Å². The number of piperidine rings is 2. The summed E-state index contributed by atoms with van der Waals surface area (Å²) in [5.41, 5.74) is 0. The Morgan fingerprint density at radius 1 is 1.09 bits per heavy atom. The van der Waals surface area contributed by atoms with E-state index < -0.39 is 6.17 Å². The lowest BCUT2D eigenvalue weighted by molar-refractivity contribution is -0.133. The molecule has 1 aliphatic carbocycles. The number of alkyl halides is 1. The van der Waals surface area contributed by atoms with Gasteiger partial charge in [-0.05, 0) is 71.5 Å². The molecular formula is C24H42FN5O2. The maximum Gasteiger partial charge on any atom is 0.237 e. The third-order valence-corrected chi connectivity index (χ3v) is 8.24. The van der Waals surface area contributed by atoms with E-state index >= 15 is 0 Å². The molecular weight excluding hydrogens is 409 g/mol. The number of hydrogen-bond donors (Lipinski definition) is 2. The fraction of sp³-hybridized carbons (Fsp3) is 0.917. The van der Waals surface area contributed by atoms with Crippen LogP contribution in [0.2, 0.25) is 0 Å². The Hall–Kier alpha value is -1.25. The first-order chi connectivity index (χ1) is 15.3. The monoisotopic (exact) mass is 451 g/mol. The Bertz CT molecular complexity index is 651. The molecule has 0 spiro atoms. The van der Waals surface area contributed by atoms with Crippen molar-refractivity contribution in [2.75, 3.05) is 46.8 Å². The van der Waals surface area contributed by atoms with E-state index in [1.165, 1.54) is 0 Å². The topological polar surface area (TPSA) is 67.9 Å². The van der Waals surface area contributed by atoms with E-state index in [0.717, 1.165) is 58.3 Å². The highest BCUT2D eigenvalue weighted by molar-refractivity contribution is 5.82. The third-order valence-electron chi connectivity index (χ3n) is 8.24. The van der Waals surface area contributed by atoms with Gasteiger partial charge >= 0.3 is 0 Å². The largest absolute Gasteiger partial charge is 0.351 e. The van der Waals surface area contributed by atoms with Crippen molar-refractivity contribution in [3.63, 3.8) is 0 Å². The maximum atomic E-state index is 14.4. The van der Waals surface area contributed by atoms with Crippen LogP contribution >= 0.6 is 0 Å². The van der Waals surface area contributed by atoms with E-state index in [1.54, 1.807) is 0 Å². The highest BCUT2D eigenvalue weighted by Crippen LogP contribution is 2.38. The van der Waals surface area contributed by atoms with Crippen molar-refractivity contribution >= 4 is 11.8 Å². The standard InChI is InChI=1S/C24H42FN5O2/c1-16-6-7-20(25)19-13-21(27-23(16)19)24(32)26-17-5-4-10-30(14-17)18-8-11-29(12-9-18)22(31)15-28(2)3/h16-21,23,27H,4-15H2,1-3H3,(H,26,32)/t16?,17-,19?,20?,21?,23?/m1/s1. The smallest absolute Gasteiger partial charge is 0.237 e. The van der Waals surface area contributed by atoms with Gasteiger partial charge in [0.15, 0.2) is 0 Å². The minimum Gasteiger partial charge on any atom is -0.351 e. The van der Waals surface area contributed by atoms with Gasteiger partial charge < -0.3 is 20.4 Å². The predicted octanol–water partition coefficient (Wildman–Crippen LogP) is 1.23. The van der Waals surface area contributed by atoms with Crippen LogP contribution in [0, 0.1) is 11.8 Å². The van der Waals surface area contributed by atoms with Gasteiger partial charge in [0.05, 0.1) is 12.6 Å². The molecule has 7 nitrogen and oxygen atoms in total. The van der Waals surface area contributed by atoms with Crippen LogP contribution in [0.15, 0.2) is 0 Å². The summed E-state index contributed by atoms with van der Waals surface area (Å²) < 4.78 is 14.4. The molecule has 4 aliphatic rings. The molecule has 4 rings (SSSR count). The molecule has 0 radical (unpaired) electrons. The van der Waals surface area contributed by atoms with Crippen LogP contribution in [-0.4, -0.2) is 104 Å². The fourth-order valence-electron chi connectivity index (χ4n) is 6.41. The molecule has 8 heteroatoms. The molecule has 0 aromatic heterocycles. The predicted molar refractivity (Wildman–Crippen MR) is 123 cm³/mol. The zero-order chi connectivity index (χ0) is 22.8. The molecule has 32 heavy (non-hydrogen) atoms. The van der Waals surface area contributed by atoms with Gasteiger partial charge in [0, 0.05) is 43.7 Å². The van der Waals surface area contributed by atoms with Crippen LogP contribution in [0.3, 0.4) is 0 Å². The van der Waals surface area contributed by atoms with Gasteiger partial charge in [-0.25, -0.2) is 4.39 Å². The zero-order valence-corrected chi connectivity index (χ0v) is 20.1. The number of hydrogen-bond acceptors (Lipinski definition) is 5. The van der Waals surface area contributed by atoms with Gasteiger partial charge in [0.1, 0.15) is 6.17 Å². The Kier molecular flexibility index (Phi) is 7.73. The number of likely N-dealkylation sites (tertiary alicyclic amines) is 2. The van der Waals surface area contributed by atoms with Crippen molar-refractivity contribution in [3.05, 3.63) is 0 Å². The summed E-state index contributed by atoms with van der Waals surface area (Å²) >= 11 is 0. The van der Waals surface area contributed by atoms with Crippen molar-refractivity contribution < 1.29 is 14.0 Å². The molecule has 5 unspecified atom stereocenters. The van der Waals surface area contributed by atoms with Crippen molar-refractivity contribution in [2.45, 2.75) is 82.2 Å². The van der Waals surface area contributed by atoms with Gasteiger partial charge in [-0.15, -0.1) is 0 Å². The number of amides is 2. The van der Waals surface area contributed by atoms with Crippen LogP contribution in [0.4, 0.5) is 4.39 Å². The summed E-state index contributed by atoms with van der Waals surface area (Å²) in [5.74, 6) is 0.685. The Labute approximate surface area is 192 Å². The zero-order valence-electron chi connectivity index (χ0n) is 20.1. The van der Waals surface area contributed by atoms with Gasteiger partial charge in [0.25, 0.3) is 0 Å². The first kappa shape index (κ1) is 23.9. The average molecular weight is 452 g/mol. The highest BCUT2D eigenvalue weighted by atomic mass is 19.1. The molecule has 3 aliphatic heterocycles. The molecule has 0 bridgehead atoms. The van der Waals surface area contributed by atoms with E-state index in [1.807, 2.05) is 23.9 Å². The van der Waals surface area contributed by atoms with Gasteiger partial charge in [-0.3, -0.25) is 14.5 Å². The van der Waals surface area contributed by atoms with Crippen molar-refractivity contribution in [1.29, 1.82) is 0 Å². The Morgan fingerprint density at radius 2 is 1.84 bits per heavy atom. The number of fused-ring (bicyclic) bond motifs is 1. The van der Waals surface area contributed by atoms with Crippen LogP contribution in [0.25, 0.3) is 0 Å². The first-order valence-electron chi connectivity index (χ1n) is 12.7. The Balaban J connectivity index is 1.24. The quantitative estimate of drug-likeness (QED) is 0.658. The molecule has 2 amide bonds. The molecule has 0 aromatic rings. The average Bonchev–Trinajstić information content (AvgIpc) is 3.23. The number of carbonyl (C=O) groups is 2. The van der Waals surface area contributed by atoms with E-state index in [4.69, 9.17) is 0 Å². The number of rotatable bonds is 5. The van der Waals surface area contributed by atoms with E-state index in [0.29, 0.717) is 31.3 Å². The van der Waals surface area contributed by atoms with Crippen molar-refractivity contribution in [2.24, 2.45) is 11.8 Å². The lowest BCUT2D eigenvalue weighted by Crippen LogP contribution is -2.56. The Morgan fingerprint density at radius 3 is 2.53 bits per heavy atom. The van der Waals surface area contributed by atoms with Crippen LogP contribution in [0.5, 0.6) is 0 Å². The number of nitrogens with one attached hydrogen (secondary N) is 2. The van der Waals surface area contributed by atoms with Crippen LogP contribution in [0.1, 0.15) is 51.9 Å². The number of carbonyl (C=O) groups excluding carboxylic acids is 2. The summed E-state index contributed by atoms with van der Waals surface area (Å²) in [7, 11) is 3.86. The third kappa shape index (κ3) is 5.45. The lowest BCUT2D eigenvalue weighted by atomic mass is 9.77. The molecule has 0 aromatic carbocycles. The fourth-order valence-corrected chi connectivity index (χ4v) is 6.41. The summed E-state index contributed by atoms with van der Waals surface area (Å²) in [5, 5.41) is 6.74. The summed E-state index contributed by atoms with van der Waals surface area (Å²) in [6.07, 6.45) is 5.48. The second-order valence-electron chi connectivity index (χ2n) is 10.9. The highest BCUT2D eigenvalue weighted by Gasteiger charge is 2.46.